The maximum atomic E-state index is 13.5. The Balaban J connectivity index is 1.63. The van der Waals surface area contributed by atoms with Crippen LogP contribution < -0.4 is 5.32 Å². The van der Waals surface area contributed by atoms with Gasteiger partial charge in [-0.1, -0.05) is 11.3 Å². The zero-order valence-electron chi connectivity index (χ0n) is 15.7. The van der Waals surface area contributed by atoms with Crippen molar-refractivity contribution in [1.29, 1.82) is 0 Å². The van der Waals surface area contributed by atoms with Gasteiger partial charge in [-0.3, -0.25) is 20.2 Å². The number of hydrogen-bond acceptors (Lipinski definition) is 9. The number of carbonyl (C=O) groups is 2. The summed E-state index contributed by atoms with van der Waals surface area (Å²) in [4.78, 5) is 37.3. The molecule has 14 heteroatoms. The maximum absolute atomic E-state index is 13.5. The fourth-order valence-electron chi connectivity index (χ4n) is 2.32. The Morgan fingerprint density at radius 2 is 1.84 bits per heavy atom. The Kier molecular flexibility index (Phi) is 6.55. The first kappa shape index (κ1) is 22.9. The molecule has 0 aliphatic rings. The predicted molar refractivity (Wildman–Crippen MR) is 106 cm³/mol. The molecule has 1 heterocycles. The number of nitro benzene ring substituents is 1. The van der Waals surface area contributed by atoms with E-state index in [1.165, 1.54) is 0 Å². The highest BCUT2D eigenvalue weighted by atomic mass is 32.2. The Labute approximate surface area is 182 Å². The molecule has 1 amide bonds. The molecule has 2 aromatic carbocycles. The molecular weight excluding hydrogens is 472 g/mol. The summed E-state index contributed by atoms with van der Waals surface area (Å²) in [7, 11) is -4.04. The van der Waals surface area contributed by atoms with Crippen LogP contribution in [0.1, 0.15) is 10.4 Å². The first-order valence-electron chi connectivity index (χ1n) is 8.45. The number of aromatic nitrogens is 1. The van der Waals surface area contributed by atoms with E-state index in [2.05, 4.69) is 15.0 Å². The van der Waals surface area contributed by atoms with Crippen molar-refractivity contribution in [1.82, 2.24) is 4.98 Å². The summed E-state index contributed by atoms with van der Waals surface area (Å²) in [6.45, 7) is -0.834. The first-order valence-corrected chi connectivity index (χ1v) is 10.8. The molecule has 1 N–H and O–H groups in total. The first-order chi connectivity index (χ1) is 15.1. The molecule has 0 radical (unpaired) electrons. The predicted octanol–water partition coefficient (Wildman–Crippen LogP) is 2.96. The van der Waals surface area contributed by atoms with Gasteiger partial charge < -0.3 is 4.74 Å². The molecule has 1 aromatic heterocycles. The van der Waals surface area contributed by atoms with E-state index in [9.17, 15) is 36.9 Å². The largest absolute Gasteiger partial charge is 0.452 e. The fraction of sp³-hybridized carbons (Fsp3) is 0.0556. The van der Waals surface area contributed by atoms with Crippen molar-refractivity contribution in [2.75, 3.05) is 11.9 Å². The molecule has 166 valence electrons. The number of nitrogens with zero attached hydrogens (tertiary/aromatic N) is 2. The number of esters is 1. The number of rotatable bonds is 7. The molecular formula is C18H11F2N3O7S2. The smallest absolute Gasteiger partial charge is 0.341 e. The van der Waals surface area contributed by atoms with E-state index in [1.54, 1.807) is 0 Å². The number of benzene rings is 2. The molecule has 0 saturated carbocycles. The minimum atomic E-state index is -4.04. The summed E-state index contributed by atoms with van der Waals surface area (Å²) in [6, 6.07) is 6.41. The van der Waals surface area contributed by atoms with Crippen LogP contribution >= 0.6 is 11.3 Å². The van der Waals surface area contributed by atoms with Crippen LogP contribution in [-0.4, -0.2) is 36.8 Å². The van der Waals surface area contributed by atoms with Crippen molar-refractivity contribution in [3.05, 3.63) is 76.0 Å². The summed E-state index contributed by atoms with van der Waals surface area (Å²) < 4.78 is 56.0. The number of carbonyl (C=O) groups excluding carboxylic acids is 2. The van der Waals surface area contributed by atoms with Crippen LogP contribution in [0.5, 0.6) is 0 Å². The lowest BCUT2D eigenvalue weighted by Crippen LogP contribution is -2.21. The van der Waals surface area contributed by atoms with Crippen LogP contribution in [-0.2, 0) is 19.4 Å². The van der Waals surface area contributed by atoms with Crippen molar-refractivity contribution in [2.45, 2.75) is 9.10 Å². The normalized spacial score (nSPS) is 11.1. The molecule has 0 fully saturated rings. The van der Waals surface area contributed by atoms with Crippen molar-refractivity contribution in [3.8, 4) is 0 Å². The number of amides is 1. The Bertz CT molecular complexity index is 1310. The highest BCUT2D eigenvalue weighted by molar-refractivity contribution is 7.93. The second kappa shape index (κ2) is 9.15. The van der Waals surface area contributed by atoms with Crippen LogP contribution in [0.15, 0.2) is 57.8 Å². The van der Waals surface area contributed by atoms with Gasteiger partial charge >= 0.3 is 5.97 Å². The van der Waals surface area contributed by atoms with E-state index in [1.807, 2.05) is 0 Å². The molecule has 0 bridgehead atoms. The third-order valence-corrected chi connectivity index (χ3v) is 6.98. The maximum Gasteiger partial charge on any atom is 0.341 e. The topological polar surface area (TPSA) is 146 Å². The van der Waals surface area contributed by atoms with Gasteiger partial charge in [-0.15, -0.1) is 0 Å². The Morgan fingerprint density at radius 1 is 1.16 bits per heavy atom. The van der Waals surface area contributed by atoms with Crippen molar-refractivity contribution >= 4 is 43.9 Å². The summed E-state index contributed by atoms with van der Waals surface area (Å²) >= 11 is 0.601. The number of anilines is 1. The number of sulfone groups is 1. The number of non-ortho nitro benzene ring substituents is 1. The molecule has 3 rings (SSSR count). The number of nitro groups is 1. The third-order valence-electron chi connectivity index (χ3n) is 3.84. The summed E-state index contributed by atoms with van der Waals surface area (Å²) in [5, 5.41) is 12.8. The van der Waals surface area contributed by atoms with E-state index in [0.717, 1.165) is 42.6 Å². The average molecular weight is 483 g/mol. The standard InChI is InChI=1S/C18H11F2N3O7S2/c19-10-1-6-13(14(20)7-10)17(25)30-9-15(24)22-18-21-8-16(31-18)32(28,29)12-4-2-11(3-5-12)23(26)27/h1-8H,9H2,(H,21,22,24). The third kappa shape index (κ3) is 5.09. The summed E-state index contributed by atoms with van der Waals surface area (Å²) in [5.74, 6) is -4.12. The van der Waals surface area contributed by atoms with E-state index in [4.69, 9.17) is 0 Å². The van der Waals surface area contributed by atoms with Gasteiger partial charge in [0.1, 0.15) is 15.8 Å². The van der Waals surface area contributed by atoms with Crippen molar-refractivity contribution in [2.24, 2.45) is 0 Å². The number of hydrogen-bond donors (Lipinski definition) is 1. The van der Waals surface area contributed by atoms with E-state index >= 15 is 0 Å². The van der Waals surface area contributed by atoms with Crippen LogP contribution in [0.3, 0.4) is 0 Å². The van der Waals surface area contributed by atoms with Gasteiger partial charge in [0.05, 0.1) is 21.6 Å². The van der Waals surface area contributed by atoms with Crippen LogP contribution in [0, 0.1) is 21.7 Å². The lowest BCUT2D eigenvalue weighted by Gasteiger charge is -2.05. The van der Waals surface area contributed by atoms with E-state index < -0.39 is 50.4 Å². The van der Waals surface area contributed by atoms with E-state index in [0.29, 0.717) is 17.4 Å². The lowest BCUT2D eigenvalue weighted by atomic mass is 10.2. The van der Waals surface area contributed by atoms with Gasteiger partial charge in [-0.2, -0.15) is 0 Å². The molecule has 3 aromatic rings. The molecule has 0 saturated heterocycles. The van der Waals surface area contributed by atoms with Crippen molar-refractivity contribution in [3.63, 3.8) is 0 Å². The van der Waals surface area contributed by atoms with Gasteiger partial charge in [0.25, 0.3) is 11.6 Å². The molecule has 0 atom stereocenters. The molecule has 0 spiro atoms. The minimum Gasteiger partial charge on any atom is -0.452 e. The minimum absolute atomic E-state index is 0.125. The highest BCUT2D eigenvalue weighted by Crippen LogP contribution is 2.29. The monoisotopic (exact) mass is 483 g/mol. The second-order valence-corrected chi connectivity index (χ2v) is 9.19. The fourth-order valence-corrected chi connectivity index (χ4v) is 4.77. The zero-order chi connectivity index (χ0) is 23.5. The lowest BCUT2D eigenvalue weighted by molar-refractivity contribution is -0.384. The number of ether oxygens (including phenoxy) is 1. The van der Waals surface area contributed by atoms with Gasteiger partial charge in [-0.05, 0) is 24.3 Å². The average Bonchev–Trinajstić information content (AvgIpc) is 3.21. The summed E-state index contributed by atoms with van der Waals surface area (Å²) in [5.41, 5.74) is -0.846. The molecule has 0 aliphatic carbocycles. The molecule has 0 unspecified atom stereocenters. The Morgan fingerprint density at radius 3 is 2.47 bits per heavy atom. The summed E-state index contributed by atoms with van der Waals surface area (Å²) in [6.07, 6.45) is 0.983. The number of nitrogens with one attached hydrogen (secondary N) is 1. The quantitative estimate of drug-likeness (QED) is 0.307. The van der Waals surface area contributed by atoms with Gasteiger partial charge in [0, 0.05) is 18.2 Å². The van der Waals surface area contributed by atoms with Gasteiger partial charge in [-0.25, -0.2) is 27.0 Å². The van der Waals surface area contributed by atoms with E-state index in [-0.39, 0.29) is 19.9 Å². The molecule has 0 aliphatic heterocycles. The molecule has 10 nitrogen and oxygen atoms in total. The van der Waals surface area contributed by atoms with Gasteiger partial charge in [0.2, 0.25) is 9.84 Å². The second-order valence-electron chi connectivity index (χ2n) is 5.99. The number of halogens is 2. The van der Waals surface area contributed by atoms with Gasteiger partial charge in [0.15, 0.2) is 11.7 Å². The highest BCUT2D eigenvalue weighted by Gasteiger charge is 2.23. The molecule has 32 heavy (non-hydrogen) atoms. The van der Waals surface area contributed by atoms with Crippen LogP contribution in [0.25, 0.3) is 0 Å². The van der Waals surface area contributed by atoms with Crippen LogP contribution in [0.2, 0.25) is 0 Å². The Hall–Kier alpha value is -3.78. The number of thiazole rings is 1. The zero-order valence-corrected chi connectivity index (χ0v) is 17.3. The van der Waals surface area contributed by atoms with Crippen molar-refractivity contribution < 1.29 is 36.4 Å². The SMILES string of the molecule is O=C(COC(=O)c1ccc(F)cc1F)Nc1ncc(S(=O)(=O)c2ccc([N+](=O)[O-])cc2)s1. The van der Waals surface area contributed by atoms with Crippen LogP contribution in [0.4, 0.5) is 19.6 Å².